The third kappa shape index (κ3) is 1.74. The minimum Gasteiger partial charge on any atom is -0.481 e. The molecule has 5 heteroatoms. The quantitative estimate of drug-likeness (QED) is 0.654. The van der Waals surface area contributed by atoms with Crippen molar-refractivity contribution in [2.75, 3.05) is 11.4 Å². The summed E-state index contributed by atoms with van der Waals surface area (Å²) < 4.78 is 0.867. The fraction of sp³-hybridized carbons (Fsp3) is 0.200. The van der Waals surface area contributed by atoms with E-state index in [0.717, 1.165) is 10.2 Å². The Bertz CT molecular complexity index is 432. The van der Waals surface area contributed by atoms with Crippen LogP contribution in [0.15, 0.2) is 28.7 Å². The minimum atomic E-state index is -1.05. The van der Waals surface area contributed by atoms with Gasteiger partial charge >= 0.3 is 5.97 Å². The number of benzene rings is 1. The van der Waals surface area contributed by atoms with Crippen molar-refractivity contribution in [3.8, 4) is 0 Å². The number of aliphatic carboxylic acids is 1. The number of β-lactam (4-membered cyclic amide) rings is 1. The van der Waals surface area contributed by atoms with Gasteiger partial charge in [0.15, 0.2) is 5.92 Å². The summed E-state index contributed by atoms with van der Waals surface area (Å²) >= 11 is 3.29. The van der Waals surface area contributed by atoms with E-state index in [1.165, 1.54) is 4.90 Å². The normalized spacial score (nSPS) is 19.9. The number of nitrogens with zero attached hydrogens (tertiary/aromatic N) is 1. The average Bonchev–Trinajstić information content (AvgIpc) is 2.15. The molecule has 0 bridgehead atoms. The van der Waals surface area contributed by atoms with Gasteiger partial charge in [-0.1, -0.05) is 22.0 Å². The van der Waals surface area contributed by atoms with Crippen molar-refractivity contribution in [2.24, 2.45) is 5.92 Å². The maximum absolute atomic E-state index is 11.4. The van der Waals surface area contributed by atoms with Crippen LogP contribution in [0.2, 0.25) is 0 Å². The van der Waals surface area contributed by atoms with E-state index < -0.39 is 11.9 Å². The topological polar surface area (TPSA) is 57.6 Å². The van der Waals surface area contributed by atoms with Crippen molar-refractivity contribution in [3.63, 3.8) is 0 Å². The largest absolute Gasteiger partial charge is 0.481 e. The van der Waals surface area contributed by atoms with Gasteiger partial charge < -0.3 is 10.0 Å². The molecule has 1 atom stereocenters. The van der Waals surface area contributed by atoms with Crippen LogP contribution < -0.4 is 4.90 Å². The van der Waals surface area contributed by atoms with Gasteiger partial charge in [0, 0.05) is 16.7 Å². The lowest BCUT2D eigenvalue weighted by Gasteiger charge is -2.35. The SMILES string of the molecule is O=C(O)C1CN(c2cccc(Br)c2)C1=O. The van der Waals surface area contributed by atoms with Crippen molar-refractivity contribution in [1.29, 1.82) is 0 Å². The second-order valence-electron chi connectivity index (χ2n) is 3.32. The average molecular weight is 270 g/mol. The van der Waals surface area contributed by atoms with E-state index in [0.29, 0.717) is 0 Å². The number of carbonyl (C=O) groups excluding carboxylic acids is 1. The molecule has 4 nitrogen and oxygen atoms in total. The molecule has 0 spiro atoms. The summed E-state index contributed by atoms with van der Waals surface area (Å²) in [5.74, 6) is -2.27. The van der Waals surface area contributed by atoms with Crippen LogP contribution in [0.25, 0.3) is 0 Å². The Hall–Kier alpha value is -1.36. The molecule has 1 amide bonds. The van der Waals surface area contributed by atoms with Crippen LogP contribution in [-0.2, 0) is 9.59 Å². The summed E-state index contributed by atoms with van der Waals surface area (Å²) in [6.07, 6.45) is 0. The van der Waals surface area contributed by atoms with E-state index >= 15 is 0 Å². The van der Waals surface area contributed by atoms with E-state index in [-0.39, 0.29) is 12.5 Å². The molecule has 1 heterocycles. The standard InChI is InChI=1S/C10H8BrNO3/c11-6-2-1-3-7(4-6)12-5-8(9(12)13)10(14)15/h1-4,8H,5H2,(H,14,15). The highest BCUT2D eigenvalue weighted by Crippen LogP contribution is 2.28. The van der Waals surface area contributed by atoms with Gasteiger partial charge in [-0.3, -0.25) is 9.59 Å². The number of carboxylic acids is 1. The van der Waals surface area contributed by atoms with Crippen LogP contribution in [0.4, 0.5) is 5.69 Å². The summed E-state index contributed by atoms with van der Waals surface area (Å²) in [6.45, 7) is 0.255. The second-order valence-corrected chi connectivity index (χ2v) is 4.24. The van der Waals surface area contributed by atoms with E-state index in [1.807, 2.05) is 6.07 Å². The van der Waals surface area contributed by atoms with Gasteiger partial charge in [-0.05, 0) is 18.2 Å². The number of anilines is 1. The Balaban J connectivity index is 2.16. The molecule has 0 saturated carbocycles. The third-order valence-corrected chi connectivity index (χ3v) is 2.84. The molecular formula is C10H8BrNO3. The van der Waals surface area contributed by atoms with E-state index in [9.17, 15) is 9.59 Å². The zero-order chi connectivity index (χ0) is 11.0. The third-order valence-electron chi connectivity index (χ3n) is 2.35. The van der Waals surface area contributed by atoms with Gasteiger partial charge in [-0.25, -0.2) is 0 Å². The molecule has 1 N–H and O–H groups in total. The molecule has 0 aromatic heterocycles. The lowest BCUT2D eigenvalue weighted by molar-refractivity contribution is -0.149. The van der Waals surface area contributed by atoms with Gasteiger partial charge in [0.25, 0.3) is 0 Å². The van der Waals surface area contributed by atoms with Crippen LogP contribution in [0, 0.1) is 5.92 Å². The molecular weight excluding hydrogens is 262 g/mol. The number of carbonyl (C=O) groups is 2. The molecule has 2 rings (SSSR count). The van der Waals surface area contributed by atoms with Crippen molar-refractivity contribution in [3.05, 3.63) is 28.7 Å². The molecule has 1 aromatic carbocycles. The Morgan fingerprint density at radius 3 is 2.80 bits per heavy atom. The first kappa shape index (κ1) is 10.2. The van der Waals surface area contributed by atoms with E-state index in [1.54, 1.807) is 18.2 Å². The number of rotatable bonds is 2. The molecule has 1 saturated heterocycles. The first-order chi connectivity index (χ1) is 7.09. The van der Waals surface area contributed by atoms with Crippen LogP contribution in [-0.4, -0.2) is 23.5 Å². The van der Waals surface area contributed by atoms with Crippen LogP contribution in [0.1, 0.15) is 0 Å². The molecule has 0 radical (unpaired) electrons. The number of hydrogen-bond donors (Lipinski definition) is 1. The number of amides is 1. The Kier molecular flexibility index (Phi) is 2.48. The molecule has 15 heavy (non-hydrogen) atoms. The van der Waals surface area contributed by atoms with Crippen molar-refractivity contribution in [2.45, 2.75) is 0 Å². The molecule has 1 aliphatic heterocycles. The van der Waals surface area contributed by atoms with Gasteiger partial charge in [-0.15, -0.1) is 0 Å². The van der Waals surface area contributed by atoms with Crippen molar-refractivity contribution in [1.82, 2.24) is 0 Å². The minimum absolute atomic E-state index is 0.255. The summed E-state index contributed by atoms with van der Waals surface area (Å²) in [6, 6.07) is 7.22. The molecule has 1 unspecified atom stereocenters. The lowest BCUT2D eigenvalue weighted by Crippen LogP contribution is -2.56. The zero-order valence-corrected chi connectivity index (χ0v) is 9.27. The lowest BCUT2D eigenvalue weighted by atomic mass is 9.98. The predicted octanol–water partition coefficient (Wildman–Crippen LogP) is 1.50. The summed E-state index contributed by atoms with van der Waals surface area (Å²) in [5.41, 5.74) is 0.729. The van der Waals surface area contributed by atoms with Crippen molar-refractivity contribution < 1.29 is 14.7 Å². The fourth-order valence-electron chi connectivity index (χ4n) is 1.49. The van der Waals surface area contributed by atoms with Crippen LogP contribution in [0.5, 0.6) is 0 Å². The fourth-order valence-corrected chi connectivity index (χ4v) is 1.87. The predicted molar refractivity (Wildman–Crippen MR) is 57.6 cm³/mol. The molecule has 1 fully saturated rings. The van der Waals surface area contributed by atoms with Gasteiger partial charge in [0.05, 0.1) is 0 Å². The summed E-state index contributed by atoms with van der Waals surface area (Å²) in [4.78, 5) is 23.5. The van der Waals surface area contributed by atoms with Gasteiger partial charge in [0.2, 0.25) is 5.91 Å². The summed E-state index contributed by atoms with van der Waals surface area (Å²) in [7, 11) is 0. The maximum atomic E-state index is 11.4. The smallest absolute Gasteiger partial charge is 0.317 e. The van der Waals surface area contributed by atoms with E-state index in [4.69, 9.17) is 5.11 Å². The van der Waals surface area contributed by atoms with Crippen LogP contribution in [0.3, 0.4) is 0 Å². The van der Waals surface area contributed by atoms with Gasteiger partial charge in [0.1, 0.15) is 0 Å². The number of hydrogen-bond acceptors (Lipinski definition) is 2. The van der Waals surface area contributed by atoms with E-state index in [2.05, 4.69) is 15.9 Å². The van der Waals surface area contributed by atoms with Crippen molar-refractivity contribution >= 4 is 33.5 Å². The highest BCUT2D eigenvalue weighted by molar-refractivity contribution is 9.10. The first-order valence-electron chi connectivity index (χ1n) is 4.39. The monoisotopic (exact) mass is 269 g/mol. The Morgan fingerprint density at radius 1 is 1.53 bits per heavy atom. The molecule has 1 aromatic rings. The highest BCUT2D eigenvalue weighted by atomic mass is 79.9. The maximum Gasteiger partial charge on any atom is 0.317 e. The summed E-state index contributed by atoms with van der Waals surface area (Å²) in [5, 5.41) is 8.67. The molecule has 78 valence electrons. The first-order valence-corrected chi connectivity index (χ1v) is 5.18. The molecule has 1 aliphatic rings. The van der Waals surface area contributed by atoms with Gasteiger partial charge in [-0.2, -0.15) is 0 Å². The Labute approximate surface area is 94.6 Å². The second kappa shape index (κ2) is 3.66. The molecule has 0 aliphatic carbocycles. The Morgan fingerprint density at radius 2 is 2.27 bits per heavy atom. The zero-order valence-electron chi connectivity index (χ0n) is 7.68. The highest BCUT2D eigenvalue weighted by Gasteiger charge is 2.42. The number of halogens is 1. The number of carboxylic acid groups (broad SMARTS) is 1. The van der Waals surface area contributed by atoms with Crippen LogP contribution >= 0.6 is 15.9 Å².